The number of hydrogen-bond acceptors (Lipinski definition) is 2. The van der Waals surface area contributed by atoms with E-state index in [0.29, 0.717) is 0 Å². The monoisotopic (exact) mass is 217 g/mol. The molecule has 0 aromatic heterocycles. The van der Waals surface area contributed by atoms with E-state index in [-0.39, 0.29) is 0 Å². The third-order valence-electron chi connectivity index (χ3n) is 1.98. The van der Waals surface area contributed by atoms with Crippen molar-refractivity contribution in [2.24, 2.45) is 0 Å². The molecule has 2 nitrogen and oxygen atoms in total. The van der Waals surface area contributed by atoms with Gasteiger partial charge in [0.2, 0.25) is 0 Å². The van der Waals surface area contributed by atoms with Crippen LogP contribution in [0.5, 0.6) is 0 Å². The lowest BCUT2D eigenvalue weighted by Gasteiger charge is -2.14. The fourth-order valence-electron chi connectivity index (χ4n) is 1.05. The topological polar surface area (TPSA) is 18.5 Å². The van der Waals surface area contributed by atoms with Crippen LogP contribution in [-0.4, -0.2) is 22.5 Å². The third-order valence-corrected chi connectivity index (χ3v) is 3.94. The van der Waals surface area contributed by atoms with E-state index in [1.54, 1.807) is 0 Å². The highest BCUT2D eigenvalue weighted by Gasteiger charge is 2.13. The van der Waals surface area contributed by atoms with Gasteiger partial charge in [-0.2, -0.15) is 0 Å². The highest BCUT2D eigenvalue weighted by molar-refractivity contribution is 6.44. The second-order valence-corrected chi connectivity index (χ2v) is 5.35. The molecule has 0 atom stereocenters. The standard InChI is InChI=1S/C11H25O2Si/c1-4-7-9-12-14(11-6-3)13-10-8-5-2/h4-11H2,1-3H3. The largest absolute Gasteiger partial charge is 0.393 e. The van der Waals surface area contributed by atoms with Crippen LogP contribution < -0.4 is 0 Å². The predicted molar refractivity (Wildman–Crippen MR) is 62.6 cm³/mol. The first-order valence-corrected chi connectivity index (χ1v) is 7.48. The Kier molecular flexibility index (Phi) is 11.3. The van der Waals surface area contributed by atoms with Crippen LogP contribution in [0.25, 0.3) is 0 Å². The molecule has 0 aromatic carbocycles. The van der Waals surface area contributed by atoms with Gasteiger partial charge in [0.1, 0.15) is 0 Å². The van der Waals surface area contributed by atoms with Gasteiger partial charge in [0.25, 0.3) is 0 Å². The van der Waals surface area contributed by atoms with Crippen LogP contribution in [0, 0.1) is 0 Å². The summed E-state index contributed by atoms with van der Waals surface area (Å²) in [6.45, 7) is 8.34. The third kappa shape index (κ3) is 8.72. The van der Waals surface area contributed by atoms with Crippen LogP contribution in [0.4, 0.5) is 0 Å². The molecule has 0 bridgehead atoms. The van der Waals surface area contributed by atoms with E-state index in [1.807, 2.05) is 0 Å². The highest BCUT2D eigenvalue weighted by atomic mass is 28.3. The smallest absolute Gasteiger partial charge is 0.384 e. The van der Waals surface area contributed by atoms with E-state index in [1.165, 1.54) is 19.3 Å². The van der Waals surface area contributed by atoms with E-state index in [0.717, 1.165) is 32.1 Å². The zero-order chi connectivity index (χ0) is 10.6. The minimum atomic E-state index is -0.940. The zero-order valence-corrected chi connectivity index (χ0v) is 11.0. The molecule has 0 aliphatic heterocycles. The van der Waals surface area contributed by atoms with Crippen molar-refractivity contribution in [3.05, 3.63) is 0 Å². The van der Waals surface area contributed by atoms with Gasteiger partial charge in [-0.15, -0.1) is 0 Å². The van der Waals surface area contributed by atoms with Crippen molar-refractivity contribution >= 4 is 9.28 Å². The summed E-state index contributed by atoms with van der Waals surface area (Å²) in [4.78, 5) is 0. The molecule has 85 valence electrons. The minimum absolute atomic E-state index is 0.886. The first kappa shape index (κ1) is 14.1. The van der Waals surface area contributed by atoms with Gasteiger partial charge in [-0.1, -0.05) is 40.0 Å². The van der Waals surface area contributed by atoms with Crippen LogP contribution >= 0.6 is 0 Å². The van der Waals surface area contributed by atoms with Crippen molar-refractivity contribution in [2.75, 3.05) is 13.2 Å². The van der Waals surface area contributed by atoms with Crippen LogP contribution in [0.3, 0.4) is 0 Å². The molecule has 0 N–H and O–H groups in total. The first-order chi connectivity index (χ1) is 6.85. The van der Waals surface area contributed by atoms with Crippen LogP contribution in [0.2, 0.25) is 6.04 Å². The van der Waals surface area contributed by atoms with Crippen molar-refractivity contribution in [3.63, 3.8) is 0 Å². The molecular formula is C11H25O2Si. The number of unbranched alkanes of at least 4 members (excludes halogenated alkanes) is 2. The molecule has 0 aromatic rings. The molecule has 0 spiro atoms. The lowest BCUT2D eigenvalue weighted by atomic mass is 10.4. The van der Waals surface area contributed by atoms with Crippen molar-refractivity contribution in [3.8, 4) is 0 Å². The van der Waals surface area contributed by atoms with E-state index in [9.17, 15) is 0 Å². The summed E-state index contributed by atoms with van der Waals surface area (Å²) in [5.41, 5.74) is 0. The van der Waals surface area contributed by atoms with E-state index >= 15 is 0 Å². The van der Waals surface area contributed by atoms with E-state index in [4.69, 9.17) is 8.85 Å². The summed E-state index contributed by atoms with van der Waals surface area (Å²) in [5, 5.41) is 0. The second kappa shape index (κ2) is 11.2. The molecule has 1 radical (unpaired) electrons. The zero-order valence-electron chi connectivity index (χ0n) is 9.97. The summed E-state index contributed by atoms with van der Waals surface area (Å²) in [6, 6.07) is 1.12. The summed E-state index contributed by atoms with van der Waals surface area (Å²) in [5.74, 6) is 0. The van der Waals surface area contributed by atoms with Crippen molar-refractivity contribution in [1.82, 2.24) is 0 Å². The lowest BCUT2D eigenvalue weighted by Crippen LogP contribution is -2.23. The van der Waals surface area contributed by atoms with Gasteiger partial charge in [0.05, 0.1) is 0 Å². The summed E-state index contributed by atoms with van der Waals surface area (Å²) in [6.07, 6.45) is 5.91. The summed E-state index contributed by atoms with van der Waals surface area (Å²) >= 11 is 0. The molecule has 0 amide bonds. The normalized spacial score (nSPS) is 11.1. The molecule has 0 fully saturated rings. The van der Waals surface area contributed by atoms with Crippen molar-refractivity contribution in [2.45, 2.75) is 58.9 Å². The molecular weight excluding hydrogens is 192 g/mol. The van der Waals surface area contributed by atoms with Crippen LogP contribution in [0.1, 0.15) is 52.9 Å². The van der Waals surface area contributed by atoms with Crippen LogP contribution in [-0.2, 0) is 8.85 Å². The van der Waals surface area contributed by atoms with Gasteiger partial charge in [-0.05, 0) is 18.9 Å². The lowest BCUT2D eigenvalue weighted by molar-refractivity contribution is 0.191. The Morgan fingerprint density at radius 2 is 1.29 bits per heavy atom. The average Bonchev–Trinajstić information content (AvgIpc) is 2.18. The first-order valence-electron chi connectivity index (χ1n) is 5.96. The Hall–Kier alpha value is 0.137. The van der Waals surface area contributed by atoms with Gasteiger partial charge >= 0.3 is 9.28 Å². The molecule has 0 aliphatic carbocycles. The Morgan fingerprint density at radius 3 is 1.64 bits per heavy atom. The highest BCUT2D eigenvalue weighted by Crippen LogP contribution is 2.04. The van der Waals surface area contributed by atoms with E-state index in [2.05, 4.69) is 20.8 Å². The number of rotatable bonds is 10. The fraction of sp³-hybridized carbons (Fsp3) is 1.00. The van der Waals surface area contributed by atoms with Gasteiger partial charge in [0.15, 0.2) is 0 Å². The van der Waals surface area contributed by atoms with Crippen molar-refractivity contribution < 1.29 is 8.85 Å². The maximum atomic E-state index is 5.75. The molecule has 0 unspecified atom stereocenters. The maximum absolute atomic E-state index is 5.75. The van der Waals surface area contributed by atoms with Gasteiger partial charge < -0.3 is 8.85 Å². The molecule has 14 heavy (non-hydrogen) atoms. The molecule has 0 rings (SSSR count). The molecule has 0 saturated heterocycles. The van der Waals surface area contributed by atoms with E-state index < -0.39 is 9.28 Å². The van der Waals surface area contributed by atoms with Crippen LogP contribution in [0.15, 0.2) is 0 Å². The Balaban J connectivity index is 3.44. The number of hydrogen-bond donors (Lipinski definition) is 0. The van der Waals surface area contributed by atoms with Gasteiger partial charge in [-0.25, -0.2) is 0 Å². The SMILES string of the molecule is CCCCO[Si](CCC)OCCCC. The summed E-state index contributed by atoms with van der Waals surface area (Å²) in [7, 11) is -0.940. The Bertz CT molecular complexity index is 99.5. The Morgan fingerprint density at radius 1 is 0.786 bits per heavy atom. The molecule has 0 heterocycles. The Labute approximate surface area is 90.8 Å². The molecule has 0 saturated carbocycles. The maximum Gasteiger partial charge on any atom is 0.384 e. The quantitative estimate of drug-likeness (QED) is 0.412. The average molecular weight is 217 g/mol. The summed E-state index contributed by atoms with van der Waals surface area (Å²) < 4.78 is 11.5. The van der Waals surface area contributed by atoms with Gasteiger partial charge in [0, 0.05) is 13.2 Å². The second-order valence-electron chi connectivity index (χ2n) is 3.53. The predicted octanol–water partition coefficient (Wildman–Crippen LogP) is 3.52. The molecule has 3 heteroatoms. The minimum Gasteiger partial charge on any atom is -0.393 e. The fourth-order valence-corrected chi connectivity index (χ4v) is 2.58. The van der Waals surface area contributed by atoms with Gasteiger partial charge in [-0.3, -0.25) is 0 Å². The molecule has 0 aliphatic rings. The van der Waals surface area contributed by atoms with Crippen molar-refractivity contribution in [1.29, 1.82) is 0 Å².